The lowest BCUT2D eigenvalue weighted by atomic mass is 10.1. The van der Waals surface area contributed by atoms with Gasteiger partial charge in [-0.05, 0) is 32.1 Å². The maximum absolute atomic E-state index is 5.53. The summed E-state index contributed by atoms with van der Waals surface area (Å²) < 4.78 is 10.9. The molecule has 0 bridgehead atoms. The van der Waals surface area contributed by atoms with Gasteiger partial charge in [0.05, 0.1) is 17.5 Å². The molecule has 0 aliphatic carbocycles. The zero-order valence-electron chi connectivity index (χ0n) is 14.8. The maximum Gasteiger partial charge on any atom is 0.223 e. The van der Waals surface area contributed by atoms with E-state index in [4.69, 9.17) is 8.94 Å². The Hall–Kier alpha value is -2.67. The number of rotatable bonds is 8. The number of aromatic nitrogens is 3. The van der Waals surface area contributed by atoms with Crippen LogP contribution in [0, 0.1) is 6.92 Å². The topological polar surface area (TPSA) is 80.2 Å². The molecule has 3 aromatic rings. The Morgan fingerprint density at radius 2 is 2.04 bits per heavy atom. The van der Waals surface area contributed by atoms with Crippen LogP contribution in [0.4, 0.5) is 5.95 Å². The zero-order chi connectivity index (χ0) is 17.6. The van der Waals surface area contributed by atoms with Crippen molar-refractivity contribution in [3.05, 3.63) is 36.4 Å². The van der Waals surface area contributed by atoms with Crippen molar-refractivity contribution < 1.29 is 8.94 Å². The van der Waals surface area contributed by atoms with Crippen LogP contribution in [0.2, 0.25) is 0 Å². The molecule has 3 heterocycles. The predicted octanol–water partition coefficient (Wildman–Crippen LogP) is 3.45. The SMILES string of the molecule is CCN(CC)CCNc1ncc(-c2cc(C)no2)c(-c2ccco2)n1. The Kier molecular flexibility index (Phi) is 5.45. The van der Waals surface area contributed by atoms with Crippen molar-refractivity contribution in [1.29, 1.82) is 0 Å². The first kappa shape index (κ1) is 17.2. The van der Waals surface area contributed by atoms with Crippen LogP contribution in [0.15, 0.2) is 39.6 Å². The standard InChI is InChI=1S/C18H23N5O2/c1-4-23(5-2)9-8-19-18-20-12-14(16-11-13(3)22-25-16)17(21-18)15-7-6-10-24-15/h6-7,10-12H,4-5,8-9H2,1-3H3,(H,19,20,21). The van der Waals surface area contributed by atoms with E-state index in [1.165, 1.54) is 0 Å². The summed E-state index contributed by atoms with van der Waals surface area (Å²) in [5.74, 6) is 1.86. The second-order valence-corrected chi connectivity index (χ2v) is 5.72. The smallest absolute Gasteiger partial charge is 0.223 e. The fourth-order valence-corrected chi connectivity index (χ4v) is 2.60. The molecule has 0 unspecified atom stereocenters. The fourth-order valence-electron chi connectivity index (χ4n) is 2.60. The van der Waals surface area contributed by atoms with Crippen molar-refractivity contribution in [3.63, 3.8) is 0 Å². The van der Waals surface area contributed by atoms with E-state index < -0.39 is 0 Å². The molecule has 0 atom stereocenters. The molecule has 3 aromatic heterocycles. The lowest BCUT2D eigenvalue weighted by Gasteiger charge is -2.18. The summed E-state index contributed by atoms with van der Waals surface area (Å²) >= 11 is 0. The predicted molar refractivity (Wildman–Crippen MR) is 96.2 cm³/mol. The zero-order valence-corrected chi connectivity index (χ0v) is 14.8. The Morgan fingerprint density at radius 1 is 1.20 bits per heavy atom. The lowest BCUT2D eigenvalue weighted by molar-refractivity contribution is 0.316. The van der Waals surface area contributed by atoms with Crippen LogP contribution in [0.3, 0.4) is 0 Å². The highest BCUT2D eigenvalue weighted by Crippen LogP contribution is 2.31. The van der Waals surface area contributed by atoms with Gasteiger partial charge >= 0.3 is 0 Å². The molecule has 0 saturated heterocycles. The van der Waals surface area contributed by atoms with Crippen LogP contribution >= 0.6 is 0 Å². The fraction of sp³-hybridized carbons (Fsp3) is 0.389. The minimum Gasteiger partial charge on any atom is -0.463 e. The first-order chi connectivity index (χ1) is 12.2. The number of aryl methyl sites for hydroxylation is 1. The normalized spacial score (nSPS) is 11.2. The van der Waals surface area contributed by atoms with Gasteiger partial charge in [0.25, 0.3) is 0 Å². The lowest BCUT2D eigenvalue weighted by Crippen LogP contribution is -2.29. The molecule has 1 N–H and O–H groups in total. The second kappa shape index (κ2) is 7.94. The Labute approximate surface area is 147 Å². The summed E-state index contributed by atoms with van der Waals surface area (Å²) in [5, 5.41) is 7.22. The van der Waals surface area contributed by atoms with E-state index in [2.05, 4.69) is 39.2 Å². The van der Waals surface area contributed by atoms with Crippen LogP contribution in [0.5, 0.6) is 0 Å². The highest BCUT2D eigenvalue weighted by Gasteiger charge is 2.17. The highest BCUT2D eigenvalue weighted by molar-refractivity contribution is 5.75. The molecule has 132 valence electrons. The van der Waals surface area contributed by atoms with E-state index >= 15 is 0 Å². The molecule has 0 aliphatic heterocycles. The average Bonchev–Trinajstić information content (AvgIpc) is 3.30. The molecule has 3 rings (SSSR count). The van der Waals surface area contributed by atoms with Crippen molar-refractivity contribution in [1.82, 2.24) is 20.0 Å². The molecular weight excluding hydrogens is 318 g/mol. The van der Waals surface area contributed by atoms with E-state index in [1.54, 1.807) is 12.5 Å². The first-order valence-electron chi connectivity index (χ1n) is 8.52. The number of nitrogens with zero attached hydrogens (tertiary/aromatic N) is 4. The number of hydrogen-bond donors (Lipinski definition) is 1. The van der Waals surface area contributed by atoms with Crippen LogP contribution in [-0.4, -0.2) is 46.2 Å². The van der Waals surface area contributed by atoms with Gasteiger partial charge in [0.1, 0.15) is 5.69 Å². The molecule has 25 heavy (non-hydrogen) atoms. The van der Waals surface area contributed by atoms with Crippen molar-refractivity contribution >= 4 is 5.95 Å². The Balaban J connectivity index is 1.84. The Morgan fingerprint density at radius 3 is 2.68 bits per heavy atom. The van der Waals surface area contributed by atoms with Gasteiger partial charge in [-0.25, -0.2) is 9.97 Å². The van der Waals surface area contributed by atoms with Crippen molar-refractivity contribution in [3.8, 4) is 22.8 Å². The molecule has 0 aliphatic rings. The van der Waals surface area contributed by atoms with Crippen molar-refractivity contribution in [2.24, 2.45) is 0 Å². The maximum atomic E-state index is 5.53. The molecule has 7 heteroatoms. The Bertz CT molecular complexity index is 794. The summed E-state index contributed by atoms with van der Waals surface area (Å²) in [6, 6.07) is 5.56. The number of furan rings is 1. The van der Waals surface area contributed by atoms with Gasteiger partial charge in [0.2, 0.25) is 5.95 Å². The van der Waals surface area contributed by atoms with Gasteiger partial charge in [-0.3, -0.25) is 0 Å². The summed E-state index contributed by atoms with van der Waals surface area (Å²) in [6.07, 6.45) is 3.37. The number of nitrogens with one attached hydrogen (secondary N) is 1. The van der Waals surface area contributed by atoms with E-state index in [-0.39, 0.29) is 0 Å². The summed E-state index contributed by atoms with van der Waals surface area (Å²) in [5.41, 5.74) is 2.24. The van der Waals surface area contributed by atoms with E-state index in [1.807, 2.05) is 25.1 Å². The molecule has 7 nitrogen and oxygen atoms in total. The van der Waals surface area contributed by atoms with Gasteiger partial charge in [-0.15, -0.1) is 0 Å². The monoisotopic (exact) mass is 341 g/mol. The van der Waals surface area contributed by atoms with Crippen LogP contribution < -0.4 is 5.32 Å². The van der Waals surface area contributed by atoms with E-state index in [9.17, 15) is 0 Å². The summed E-state index contributed by atoms with van der Waals surface area (Å²) in [4.78, 5) is 11.4. The minimum absolute atomic E-state index is 0.568. The molecular formula is C18H23N5O2. The first-order valence-corrected chi connectivity index (χ1v) is 8.52. The van der Waals surface area contributed by atoms with Crippen molar-refractivity contribution in [2.75, 3.05) is 31.5 Å². The third-order valence-electron chi connectivity index (χ3n) is 4.04. The van der Waals surface area contributed by atoms with Crippen LogP contribution in [0.1, 0.15) is 19.5 Å². The van der Waals surface area contributed by atoms with Gasteiger partial charge in [-0.2, -0.15) is 0 Å². The second-order valence-electron chi connectivity index (χ2n) is 5.72. The largest absolute Gasteiger partial charge is 0.463 e. The molecule has 0 amide bonds. The van der Waals surface area contributed by atoms with Gasteiger partial charge in [-0.1, -0.05) is 19.0 Å². The third-order valence-corrected chi connectivity index (χ3v) is 4.04. The van der Waals surface area contributed by atoms with E-state index in [0.29, 0.717) is 23.2 Å². The molecule has 0 aromatic carbocycles. The minimum atomic E-state index is 0.568. The van der Waals surface area contributed by atoms with Crippen molar-refractivity contribution in [2.45, 2.75) is 20.8 Å². The number of likely N-dealkylation sites (N-methyl/N-ethyl adjacent to an activating group) is 1. The van der Waals surface area contributed by atoms with Crippen LogP contribution in [0.25, 0.3) is 22.8 Å². The molecule has 0 saturated carbocycles. The summed E-state index contributed by atoms with van der Waals surface area (Å²) in [7, 11) is 0. The van der Waals surface area contributed by atoms with Gasteiger partial charge in [0, 0.05) is 25.4 Å². The average molecular weight is 341 g/mol. The van der Waals surface area contributed by atoms with Gasteiger partial charge in [0.15, 0.2) is 11.5 Å². The molecule has 0 fully saturated rings. The number of hydrogen-bond acceptors (Lipinski definition) is 7. The quantitative estimate of drug-likeness (QED) is 0.672. The van der Waals surface area contributed by atoms with E-state index in [0.717, 1.165) is 37.4 Å². The van der Waals surface area contributed by atoms with Gasteiger partial charge < -0.3 is 19.2 Å². The highest BCUT2D eigenvalue weighted by atomic mass is 16.5. The third kappa shape index (κ3) is 4.06. The summed E-state index contributed by atoms with van der Waals surface area (Å²) in [6.45, 7) is 9.96. The molecule has 0 radical (unpaired) electrons. The number of anilines is 1. The molecule has 0 spiro atoms. The van der Waals surface area contributed by atoms with Crippen LogP contribution in [-0.2, 0) is 0 Å².